The Morgan fingerprint density at radius 2 is 1.75 bits per heavy atom. The van der Waals surface area contributed by atoms with Gasteiger partial charge >= 0.3 is 0 Å². The van der Waals surface area contributed by atoms with Crippen LogP contribution >= 0.6 is 23.2 Å². The van der Waals surface area contributed by atoms with Crippen LogP contribution in [0.4, 0.5) is 0 Å². The van der Waals surface area contributed by atoms with Gasteiger partial charge in [-0.05, 0) is 49.4 Å². The van der Waals surface area contributed by atoms with E-state index in [9.17, 15) is 0 Å². The van der Waals surface area contributed by atoms with Gasteiger partial charge in [0.15, 0.2) is 0 Å². The molecule has 1 N–H and O–H groups in total. The molecule has 0 aliphatic carbocycles. The standard InChI is InChI=1S/C16H17Cl2NO/c1-3-16(19-2)11-5-4-6-14(7-11)20-15-9-12(17)8-13(18)10-15/h4-10,16,19H,3H2,1-2H3. The third-order valence-corrected chi connectivity index (χ3v) is 3.53. The minimum Gasteiger partial charge on any atom is -0.457 e. The Labute approximate surface area is 129 Å². The summed E-state index contributed by atoms with van der Waals surface area (Å²) in [5.41, 5.74) is 1.20. The van der Waals surface area contributed by atoms with Gasteiger partial charge in [-0.15, -0.1) is 0 Å². The number of hydrogen-bond donors (Lipinski definition) is 1. The van der Waals surface area contributed by atoms with Crippen molar-refractivity contribution in [1.82, 2.24) is 5.32 Å². The molecule has 1 atom stereocenters. The van der Waals surface area contributed by atoms with Crippen LogP contribution in [0, 0.1) is 0 Å². The lowest BCUT2D eigenvalue weighted by Crippen LogP contribution is -2.14. The van der Waals surface area contributed by atoms with E-state index in [2.05, 4.69) is 18.3 Å². The van der Waals surface area contributed by atoms with Gasteiger partial charge in [-0.25, -0.2) is 0 Å². The number of rotatable bonds is 5. The molecule has 106 valence electrons. The predicted octanol–water partition coefficient (Wildman–Crippen LogP) is 5.46. The second-order valence-electron chi connectivity index (χ2n) is 4.53. The fourth-order valence-electron chi connectivity index (χ4n) is 2.12. The Hall–Kier alpha value is -1.22. The van der Waals surface area contributed by atoms with Crippen LogP contribution in [0.25, 0.3) is 0 Å². The molecule has 0 radical (unpaired) electrons. The summed E-state index contributed by atoms with van der Waals surface area (Å²) in [6.07, 6.45) is 1.02. The highest BCUT2D eigenvalue weighted by Gasteiger charge is 2.08. The lowest BCUT2D eigenvalue weighted by Gasteiger charge is -2.15. The van der Waals surface area contributed by atoms with Crippen LogP contribution in [0.5, 0.6) is 11.5 Å². The highest BCUT2D eigenvalue weighted by Crippen LogP contribution is 2.29. The molecule has 2 rings (SSSR count). The van der Waals surface area contributed by atoms with Crippen molar-refractivity contribution in [2.75, 3.05) is 7.05 Å². The van der Waals surface area contributed by atoms with Crippen molar-refractivity contribution in [3.63, 3.8) is 0 Å². The lowest BCUT2D eigenvalue weighted by molar-refractivity contribution is 0.479. The summed E-state index contributed by atoms with van der Waals surface area (Å²) in [5, 5.41) is 4.40. The summed E-state index contributed by atoms with van der Waals surface area (Å²) in [6.45, 7) is 2.14. The van der Waals surface area contributed by atoms with Crippen LogP contribution in [0.1, 0.15) is 24.9 Å². The average molecular weight is 310 g/mol. The smallest absolute Gasteiger partial charge is 0.130 e. The minimum atomic E-state index is 0.321. The predicted molar refractivity (Wildman–Crippen MR) is 85.1 cm³/mol. The maximum Gasteiger partial charge on any atom is 0.130 e. The minimum absolute atomic E-state index is 0.321. The fourth-order valence-corrected chi connectivity index (χ4v) is 2.63. The van der Waals surface area contributed by atoms with Crippen LogP contribution < -0.4 is 10.1 Å². The molecule has 2 aromatic carbocycles. The summed E-state index contributed by atoms with van der Waals surface area (Å²) in [5.74, 6) is 1.41. The first kappa shape index (κ1) is 15.2. The van der Waals surface area contributed by atoms with Gasteiger partial charge in [-0.3, -0.25) is 0 Å². The Kier molecular flexibility index (Phi) is 5.30. The fraction of sp³-hybridized carbons (Fsp3) is 0.250. The maximum absolute atomic E-state index is 5.97. The summed E-state index contributed by atoms with van der Waals surface area (Å²) in [6, 6.07) is 13.5. The van der Waals surface area contributed by atoms with Gasteiger partial charge in [0.05, 0.1) is 0 Å². The second kappa shape index (κ2) is 6.98. The molecule has 0 spiro atoms. The van der Waals surface area contributed by atoms with E-state index in [0.717, 1.165) is 12.2 Å². The molecular weight excluding hydrogens is 293 g/mol. The van der Waals surface area contributed by atoms with E-state index in [1.807, 2.05) is 25.2 Å². The van der Waals surface area contributed by atoms with Gasteiger partial charge in [0.25, 0.3) is 0 Å². The monoisotopic (exact) mass is 309 g/mol. The molecule has 4 heteroatoms. The quantitative estimate of drug-likeness (QED) is 0.792. The zero-order valence-electron chi connectivity index (χ0n) is 11.5. The van der Waals surface area contributed by atoms with Crippen molar-refractivity contribution in [2.24, 2.45) is 0 Å². The zero-order chi connectivity index (χ0) is 14.5. The van der Waals surface area contributed by atoms with Crippen molar-refractivity contribution in [1.29, 1.82) is 0 Å². The zero-order valence-corrected chi connectivity index (χ0v) is 13.0. The largest absolute Gasteiger partial charge is 0.457 e. The van der Waals surface area contributed by atoms with Crippen molar-refractivity contribution < 1.29 is 4.74 Å². The van der Waals surface area contributed by atoms with E-state index < -0.39 is 0 Å². The number of benzene rings is 2. The number of hydrogen-bond acceptors (Lipinski definition) is 2. The van der Waals surface area contributed by atoms with Crippen molar-refractivity contribution in [3.8, 4) is 11.5 Å². The molecule has 1 unspecified atom stereocenters. The highest BCUT2D eigenvalue weighted by atomic mass is 35.5. The molecular formula is C16H17Cl2NO. The van der Waals surface area contributed by atoms with E-state index in [1.54, 1.807) is 18.2 Å². The van der Waals surface area contributed by atoms with Crippen LogP contribution in [-0.4, -0.2) is 7.05 Å². The third-order valence-electron chi connectivity index (χ3n) is 3.09. The Bertz CT molecular complexity index is 562. The van der Waals surface area contributed by atoms with Gasteiger partial charge in [0.1, 0.15) is 11.5 Å². The molecule has 0 aliphatic rings. The number of ether oxygens (including phenoxy) is 1. The molecule has 0 aromatic heterocycles. The molecule has 20 heavy (non-hydrogen) atoms. The van der Waals surface area contributed by atoms with Gasteiger partial charge in [0, 0.05) is 16.1 Å². The Balaban J connectivity index is 2.23. The van der Waals surface area contributed by atoms with Gasteiger partial charge < -0.3 is 10.1 Å². The van der Waals surface area contributed by atoms with Crippen LogP contribution in [0.3, 0.4) is 0 Å². The van der Waals surface area contributed by atoms with Crippen molar-refractivity contribution in [3.05, 3.63) is 58.1 Å². The molecule has 0 amide bonds. The van der Waals surface area contributed by atoms with Gasteiger partial charge in [0.2, 0.25) is 0 Å². The lowest BCUT2D eigenvalue weighted by atomic mass is 10.0. The SMILES string of the molecule is CCC(NC)c1cccc(Oc2cc(Cl)cc(Cl)c2)c1. The molecule has 0 fully saturated rings. The first-order valence-corrected chi connectivity index (χ1v) is 7.29. The maximum atomic E-state index is 5.97. The van der Waals surface area contributed by atoms with Crippen LogP contribution in [-0.2, 0) is 0 Å². The van der Waals surface area contributed by atoms with Crippen LogP contribution in [0.2, 0.25) is 10.0 Å². The van der Waals surface area contributed by atoms with E-state index in [4.69, 9.17) is 27.9 Å². The second-order valence-corrected chi connectivity index (χ2v) is 5.40. The molecule has 0 aliphatic heterocycles. The van der Waals surface area contributed by atoms with E-state index in [1.165, 1.54) is 5.56 Å². The first-order valence-electron chi connectivity index (χ1n) is 6.53. The van der Waals surface area contributed by atoms with Crippen molar-refractivity contribution in [2.45, 2.75) is 19.4 Å². The first-order chi connectivity index (χ1) is 9.62. The number of halogens is 2. The molecule has 0 saturated heterocycles. The Morgan fingerprint density at radius 1 is 1.05 bits per heavy atom. The van der Waals surface area contributed by atoms with Gasteiger partial charge in [-0.1, -0.05) is 42.3 Å². The summed E-state index contributed by atoms with van der Waals surface area (Å²) >= 11 is 11.9. The molecule has 0 heterocycles. The summed E-state index contributed by atoms with van der Waals surface area (Å²) < 4.78 is 5.82. The molecule has 0 saturated carbocycles. The molecule has 2 nitrogen and oxygen atoms in total. The summed E-state index contributed by atoms with van der Waals surface area (Å²) in [7, 11) is 1.96. The highest BCUT2D eigenvalue weighted by molar-refractivity contribution is 6.34. The van der Waals surface area contributed by atoms with Crippen molar-refractivity contribution >= 4 is 23.2 Å². The summed E-state index contributed by atoms with van der Waals surface area (Å²) in [4.78, 5) is 0. The van der Waals surface area contributed by atoms with E-state index in [-0.39, 0.29) is 0 Å². The average Bonchev–Trinajstić information content (AvgIpc) is 2.39. The molecule has 2 aromatic rings. The van der Waals surface area contributed by atoms with Crippen LogP contribution in [0.15, 0.2) is 42.5 Å². The Morgan fingerprint density at radius 3 is 2.35 bits per heavy atom. The van der Waals surface area contributed by atoms with Gasteiger partial charge in [-0.2, -0.15) is 0 Å². The normalized spacial score (nSPS) is 12.2. The molecule has 0 bridgehead atoms. The topological polar surface area (TPSA) is 21.3 Å². The third kappa shape index (κ3) is 3.89. The van der Waals surface area contributed by atoms with E-state index >= 15 is 0 Å². The number of nitrogens with one attached hydrogen (secondary N) is 1. The van der Waals surface area contributed by atoms with E-state index in [0.29, 0.717) is 21.8 Å².